The van der Waals surface area contributed by atoms with Gasteiger partial charge in [-0.1, -0.05) is 23.8 Å². The number of nitrogens with one attached hydrogen (secondary N) is 1. The predicted molar refractivity (Wildman–Crippen MR) is 72.7 cm³/mol. The van der Waals surface area contributed by atoms with Crippen molar-refractivity contribution in [1.29, 1.82) is 0 Å². The Kier molecular flexibility index (Phi) is 4.05. The van der Waals surface area contributed by atoms with Crippen LogP contribution in [0.4, 0.5) is 0 Å². The van der Waals surface area contributed by atoms with Gasteiger partial charge in [-0.15, -0.1) is 0 Å². The normalized spacial score (nSPS) is 23.7. The summed E-state index contributed by atoms with van der Waals surface area (Å²) < 4.78 is 5.44. The van der Waals surface area contributed by atoms with Gasteiger partial charge in [0.2, 0.25) is 0 Å². The Hall–Kier alpha value is -0.900. The van der Waals surface area contributed by atoms with Crippen molar-refractivity contribution >= 4 is 0 Å². The van der Waals surface area contributed by atoms with Gasteiger partial charge in [-0.3, -0.25) is 0 Å². The number of ether oxygens (including phenoxy) is 1. The Morgan fingerprint density at radius 3 is 2.83 bits per heavy atom. The molecule has 1 saturated heterocycles. The molecule has 0 saturated carbocycles. The van der Waals surface area contributed by atoms with Crippen molar-refractivity contribution in [3.63, 3.8) is 0 Å². The Morgan fingerprint density at radius 2 is 2.22 bits per heavy atom. The minimum absolute atomic E-state index is 0.231. The van der Waals surface area contributed by atoms with Crippen LogP contribution in [-0.4, -0.2) is 30.9 Å². The van der Waals surface area contributed by atoms with Gasteiger partial charge < -0.3 is 15.2 Å². The third kappa shape index (κ3) is 3.10. The average Bonchev–Trinajstić information content (AvgIpc) is 2.29. The fraction of sp³-hybridized carbons (Fsp3) is 0.600. The van der Waals surface area contributed by atoms with Crippen LogP contribution in [0.2, 0.25) is 0 Å². The molecule has 2 N–H and O–H groups in total. The molecule has 1 aliphatic rings. The Morgan fingerprint density at radius 1 is 1.44 bits per heavy atom. The molecule has 100 valence electrons. The number of hydrogen-bond acceptors (Lipinski definition) is 3. The van der Waals surface area contributed by atoms with Crippen LogP contribution >= 0.6 is 0 Å². The molecule has 0 spiro atoms. The van der Waals surface area contributed by atoms with Crippen molar-refractivity contribution in [2.75, 3.05) is 19.8 Å². The topological polar surface area (TPSA) is 41.5 Å². The molecule has 1 fully saturated rings. The number of aliphatic hydroxyl groups is 1. The second kappa shape index (κ2) is 5.39. The molecular weight excluding hydrogens is 226 g/mol. The first-order valence-electron chi connectivity index (χ1n) is 6.60. The maximum atomic E-state index is 10.7. The molecule has 0 aromatic heterocycles. The molecule has 1 aromatic rings. The lowest BCUT2D eigenvalue weighted by Gasteiger charge is -2.32. The first kappa shape index (κ1) is 13.5. The number of aryl methyl sites for hydroxylation is 2. The minimum Gasteiger partial charge on any atom is -0.385 e. The summed E-state index contributed by atoms with van der Waals surface area (Å²) in [7, 11) is 0. The zero-order valence-electron chi connectivity index (χ0n) is 11.5. The van der Waals surface area contributed by atoms with Crippen molar-refractivity contribution < 1.29 is 9.84 Å². The van der Waals surface area contributed by atoms with Gasteiger partial charge in [0, 0.05) is 12.6 Å². The highest BCUT2D eigenvalue weighted by Gasteiger charge is 2.29. The van der Waals surface area contributed by atoms with Crippen LogP contribution < -0.4 is 5.32 Å². The second-order valence-corrected chi connectivity index (χ2v) is 5.52. The lowest BCUT2D eigenvalue weighted by molar-refractivity contribution is 0.00285. The smallest absolute Gasteiger partial charge is 0.0886 e. The summed E-state index contributed by atoms with van der Waals surface area (Å²) in [6.07, 6.45) is 0.677. The number of morpholine rings is 1. The molecule has 1 aromatic carbocycles. The van der Waals surface area contributed by atoms with Crippen LogP contribution in [0.15, 0.2) is 18.2 Å². The van der Waals surface area contributed by atoms with E-state index in [2.05, 4.69) is 31.3 Å². The van der Waals surface area contributed by atoms with E-state index in [1.54, 1.807) is 0 Å². The fourth-order valence-corrected chi connectivity index (χ4v) is 2.76. The summed E-state index contributed by atoms with van der Waals surface area (Å²) in [5, 5.41) is 14.1. The fourth-order valence-electron chi connectivity index (χ4n) is 2.76. The summed E-state index contributed by atoms with van der Waals surface area (Å²) >= 11 is 0. The zero-order valence-corrected chi connectivity index (χ0v) is 11.5. The van der Waals surface area contributed by atoms with E-state index in [9.17, 15) is 5.11 Å². The van der Waals surface area contributed by atoms with Crippen molar-refractivity contribution in [3.05, 3.63) is 34.9 Å². The van der Waals surface area contributed by atoms with Gasteiger partial charge in [0.1, 0.15) is 0 Å². The monoisotopic (exact) mass is 249 g/mol. The van der Waals surface area contributed by atoms with E-state index in [1.165, 1.54) is 5.56 Å². The lowest BCUT2D eigenvalue weighted by Crippen LogP contribution is -2.45. The highest BCUT2D eigenvalue weighted by molar-refractivity contribution is 5.34. The Labute approximate surface area is 109 Å². The molecule has 3 heteroatoms. The number of hydrogen-bond donors (Lipinski definition) is 2. The molecule has 2 rings (SSSR count). The summed E-state index contributed by atoms with van der Waals surface area (Å²) in [6, 6.07) is 6.44. The average molecular weight is 249 g/mol. The van der Waals surface area contributed by atoms with Gasteiger partial charge in [-0.05, 0) is 38.3 Å². The maximum absolute atomic E-state index is 10.7. The zero-order chi connectivity index (χ0) is 13.2. The third-order valence-electron chi connectivity index (χ3n) is 3.60. The highest BCUT2D eigenvalue weighted by atomic mass is 16.5. The SMILES string of the molecule is Cc1ccc(C(C)(O)CC2COCCN2)c(C)c1. The van der Waals surface area contributed by atoms with E-state index in [4.69, 9.17) is 4.74 Å². The van der Waals surface area contributed by atoms with Gasteiger partial charge in [0.05, 0.1) is 18.8 Å². The van der Waals surface area contributed by atoms with Crippen LogP contribution in [-0.2, 0) is 10.3 Å². The molecule has 2 atom stereocenters. The van der Waals surface area contributed by atoms with Gasteiger partial charge in [0.15, 0.2) is 0 Å². The Bertz CT molecular complexity index is 409. The largest absolute Gasteiger partial charge is 0.385 e. The van der Waals surface area contributed by atoms with E-state index in [1.807, 2.05) is 13.0 Å². The van der Waals surface area contributed by atoms with Crippen LogP contribution in [0, 0.1) is 13.8 Å². The van der Waals surface area contributed by atoms with E-state index in [-0.39, 0.29) is 6.04 Å². The molecule has 18 heavy (non-hydrogen) atoms. The molecule has 0 amide bonds. The first-order chi connectivity index (χ1) is 8.49. The van der Waals surface area contributed by atoms with Crippen molar-refractivity contribution in [2.24, 2.45) is 0 Å². The molecular formula is C15H23NO2. The molecule has 0 aliphatic carbocycles. The van der Waals surface area contributed by atoms with Crippen molar-refractivity contribution in [3.8, 4) is 0 Å². The van der Waals surface area contributed by atoms with E-state index < -0.39 is 5.60 Å². The number of rotatable bonds is 3. The molecule has 1 heterocycles. The molecule has 3 nitrogen and oxygen atoms in total. The van der Waals surface area contributed by atoms with Crippen molar-refractivity contribution in [2.45, 2.75) is 38.8 Å². The van der Waals surface area contributed by atoms with Crippen molar-refractivity contribution in [1.82, 2.24) is 5.32 Å². The van der Waals surface area contributed by atoms with Gasteiger partial charge in [-0.25, -0.2) is 0 Å². The van der Waals surface area contributed by atoms with E-state index >= 15 is 0 Å². The predicted octanol–water partition coefficient (Wildman–Crippen LogP) is 1.89. The quantitative estimate of drug-likeness (QED) is 0.859. The summed E-state index contributed by atoms with van der Waals surface area (Å²) in [5.41, 5.74) is 2.58. The molecule has 0 bridgehead atoms. The van der Waals surface area contributed by atoms with Gasteiger partial charge >= 0.3 is 0 Å². The summed E-state index contributed by atoms with van der Waals surface area (Å²) in [4.78, 5) is 0. The lowest BCUT2D eigenvalue weighted by atomic mass is 9.85. The summed E-state index contributed by atoms with van der Waals surface area (Å²) in [6.45, 7) is 8.33. The molecule has 1 aliphatic heterocycles. The van der Waals surface area contributed by atoms with Crippen LogP contribution in [0.25, 0.3) is 0 Å². The Balaban J connectivity index is 2.13. The molecule has 0 radical (unpaired) electrons. The maximum Gasteiger partial charge on any atom is 0.0886 e. The van der Waals surface area contributed by atoms with Crippen LogP contribution in [0.1, 0.15) is 30.0 Å². The second-order valence-electron chi connectivity index (χ2n) is 5.52. The van der Waals surface area contributed by atoms with Crippen LogP contribution in [0.3, 0.4) is 0 Å². The first-order valence-corrected chi connectivity index (χ1v) is 6.60. The van der Waals surface area contributed by atoms with Gasteiger partial charge in [0.25, 0.3) is 0 Å². The van der Waals surface area contributed by atoms with Crippen LogP contribution in [0.5, 0.6) is 0 Å². The van der Waals surface area contributed by atoms with Gasteiger partial charge in [-0.2, -0.15) is 0 Å². The minimum atomic E-state index is -0.809. The number of benzene rings is 1. The third-order valence-corrected chi connectivity index (χ3v) is 3.60. The highest BCUT2D eigenvalue weighted by Crippen LogP contribution is 2.29. The molecule has 2 unspecified atom stereocenters. The summed E-state index contributed by atoms with van der Waals surface area (Å²) in [5.74, 6) is 0. The van der Waals surface area contributed by atoms with E-state index in [0.29, 0.717) is 13.0 Å². The van der Waals surface area contributed by atoms with E-state index in [0.717, 1.165) is 24.3 Å². The standard InChI is InChI=1S/C15H23NO2/c1-11-4-5-14(12(2)8-11)15(3,17)9-13-10-18-7-6-16-13/h4-5,8,13,16-17H,6-7,9-10H2,1-3H3.